The summed E-state index contributed by atoms with van der Waals surface area (Å²) in [7, 11) is -3.98. The average molecular weight is 275 g/mol. The quantitative estimate of drug-likeness (QED) is 0.857. The van der Waals surface area contributed by atoms with Crippen molar-refractivity contribution in [2.75, 3.05) is 6.61 Å². The summed E-state index contributed by atoms with van der Waals surface area (Å²) in [6.45, 7) is 4.64. The van der Waals surface area contributed by atoms with E-state index in [4.69, 9.17) is 0 Å². The maximum absolute atomic E-state index is 13.6. The van der Waals surface area contributed by atoms with Crippen molar-refractivity contribution in [3.8, 4) is 0 Å². The van der Waals surface area contributed by atoms with Gasteiger partial charge < -0.3 is 5.11 Å². The van der Waals surface area contributed by atoms with Crippen molar-refractivity contribution in [1.29, 1.82) is 0 Å². The fraction of sp³-hybridized carbons (Fsp3) is 0.500. The number of hydrogen-bond acceptors (Lipinski definition) is 3. The number of aliphatic hydroxyl groups is 1. The Morgan fingerprint density at radius 3 is 2.56 bits per heavy atom. The second kappa shape index (κ2) is 5.34. The van der Waals surface area contributed by atoms with Crippen LogP contribution < -0.4 is 4.72 Å². The van der Waals surface area contributed by atoms with Crippen LogP contribution in [-0.2, 0) is 10.0 Å². The first kappa shape index (κ1) is 15.1. The molecule has 0 saturated carbocycles. The zero-order chi connectivity index (χ0) is 14.0. The first-order valence-electron chi connectivity index (χ1n) is 5.65. The zero-order valence-corrected chi connectivity index (χ0v) is 11.5. The molecule has 0 amide bonds. The van der Waals surface area contributed by atoms with Crippen molar-refractivity contribution in [3.05, 3.63) is 29.6 Å². The minimum Gasteiger partial charge on any atom is -0.394 e. The molecule has 18 heavy (non-hydrogen) atoms. The van der Waals surface area contributed by atoms with Gasteiger partial charge in [-0.1, -0.05) is 13.0 Å². The largest absolute Gasteiger partial charge is 0.394 e. The SMILES string of the molecule is CCC(C)(CO)NS(=O)(=O)c1cc(C)ccc1F. The van der Waals surface area contributed by atoms with Crippen LogP contribution in [-0.4, -0.2) is 25.7 Å². The van der Waals surface area contributed by atoms with Crippen LogP contribution in [0.2, 0.25) is 0 Å². The van der Waals surface area contributed by atoms with Gasteiger partial charge in [0, 0.05) is 0 Å². The lowest BCUT2D eigenvalue weighted by Crippen LogP contribution is -2.48. The summed E-state index contributed by atoms with van der Waals surface area (Å²) in [5.41, 5.74) is -0.339. The van der Waals surface area contributed by atoms with Gasteiger partial charge in [0.05, 0.1) is 12.1 Å². The summed E-state index contributed by atoms with van der Waals surface area (Å²) >= 11 is 0. The second-order valence-electron chi connectivity index (χ2n) is 4.61. The van der Waals surface area contributed by atoms with E-state index >= 15 is 0 Å². The van der Waals surface area contributed by atoms with E-state index in [2.05, 4.69) is 4.72 Å². The van der Waals surface area contributed by atoms with E-state index < -0.39 is 26.3 Å². The molecule has 0 aliphatic heterocycles. The third-order valence-corrected chi connectivity index (χ3v) is 4.54. The Kier molecular flexibility index (Phi) is 4.47. The molecule has 6 heteroatoms. The van der Waals surface area contributed by atoms with Crippen molar-refractivity contribution in [2.24, 2.45) is 0 Å². The number of aliphatic hydroxyl groups excluding tert-OH is 1. The molecule has 0 aliphatic carbocycles. The predicted octanol–water partition coefficient (Wildman–Crippen LogP) is 1.57. The van der Waals surface area contributed by atoms with Gasteiger partial charge in [-0.2, -0.15) is 0 Å². The van der Waals surface area contributed by atoms with Gasteiger partial charge in [-0.05, 0) is 38.0 Å². The minimum absolute atomic E-state index is 0.351. The molecule has 0 aliphatic rings. The van der Waals surface area contributed by atoms with Crippen LogP contribution in [0.5, 0.6) is 0 Å². The molecule has 4 nitrogen and oxygen atoms in total. The molecule has 0 saturated heterocycles. The monoisotopic (exact) mass is 275 g/mol. The smallest absolute Gasteiger partial charge is 0.244 e. The highest BCUT2D eigenvalue weighted by Gasteiger charge is 2.30. The minimum atomic E-state index is -3.98. The van der Waals surface area contributed by atoms with Crippen molar-refractivity contribution in [2.45, 2.75) is 37.6 Å². The molecule has 0 radical (unpaired) electrons. The molecule has 0 spiro atoms. The molecule has 1 aromatic carbocycles. The fourth-order valence-corrected chi connectivity index (χ4v) is 3.05. The topological polar surface area (TPSA) is 66.4 Å². The Morgan fingerprint density at radius 2 is 2.06 bits per heavy atom. The van der Waals surface area contributed by atoms with Crippen LogP contribution in [0, 0.1) is 12.7 Å². The first-order valence-corrected chi connectivity index (χ1v) is 7.13. The lowest BCUT2D eigenvalue weighted by Gasteiger charge is -2.26. The molecule has 0 heterocycles. The maximum atomic E-state index is 13.6. The van der Waals surface area contributed by atoms with Crippen molar-refractivity contribution in [1.82, 2.24) is 4.72 Å². The van der Waals surface area contributed by atoms with Gasteiger partial charge in [-0.25, -0.2) is 17.5 Å². The van der Waals surface area contributed by atoms with Gasteiger partial charge in [-0.3, -0.25) is 0 Å². The van der Waals surface area contributed by atoms with Crippen LogP contribution >= 0.6 is 0 Å². The summed E-state index contributed by atoms with van der Waals surface area (Å²) in [4.78, 5) is -0.393. The first-order chi connectivity index (χ1) is 8.24. The fourth-order valence-electron chi connectivity index (χ4n) is 1.41. The van der Waals surface area contributed by atoms with E-state index in [0.29, 0.717) is 12.0 Å². The average Bonchev–Trinajstić information content (AvgIpc) is 2.31. The molecular formula is C12H18FNO3S. The van der Waals surface area contributed by atoms with E-state index in [0.717, 1.165) is 6.07 Å². The highest BCUT2D eigenvalue weighted by Crippen LogP contribution is 2.19. The molecule has 1 aromatic rings. The molecule has 0 fully saturated rings. The molecule has 1 rings (SSSR count). The number of hydrogen-bond donors (Lipinski definition) is 2. The Labute approximate surface area is 107 Å². The van der Waals surface area contributed by atoms with Crippen LogP contribution in [0.25, 0.3) is 0 Å². The van der Waals surface area contributed by atoms with E-state index in [1.54, 1.807) is 20.8 Å². The lowest BCUT2D eigenvalue weighted by atomic mass is 10.0. The van der Waals surface area contributed by atoms with Crippen molar-refractivity contribution in [3.63, 3.8) is 0 Å². The molecular weight excluding hydrogens is 257 g/mol. The third kappa shape index (κ3) is 3.28. The number of benzene rings is 1. The summed E-state index contributed by atoms with van der Waals surface area (Å²) in [5.74, 6) is -0.801. The molecule has 1 atom stereocenters. The lowest BCUT2D eigenvalue weighted by molar-refractivity contribution is 0.191. The Morgan fingerprint density at radius 1 is 1.44 bits per heavy atom. The summed E-state index contributed by atoms with van der Waals surface area (Å²) in [6.07, 6.45) is 0.399. The summed E-state index contributed by atoms with van der Waals surface area (Å²) in [5, 5.41) is 9.20. The van der Waals surface area contributed by atoms with E-state index in [1.165, 1.54) is 12.1 Å². The summed E-state index contributed by atoms with van der Waals surface area (Å²) < 4.78 is 40.1. The zero-order valence-electron chi connectivity index (χ0n) is 10.7. The van der Waals surface area contributed by atoms with Crippen LogP contribution in [0.4, 0.5) is 4.39 Å². The maximum Gasteiger partial charge on any atom is 0.244 e. The van der Waals surface area contributed by atoms with E-state index in [-0.39, 0.29) is 6.61 Å². The standard InChI is InChI=1S/C12H18FNO3S/c1-4-12(3,8-15)14-18(16,17)11-7-9(2)5-6-10(11)13/h5-7,14-15H,4,8H2,1-3H3. The van der Waals surface area contributed by atoms with Gasteiger partial charge in [-0.15, -0.1) is 0 Å². The number of halogens is 1. The normalized spacial score (nSPS) is 15.4. The van der Waals surface area contributed by atoms with Gasteiger partial charge in [0.2, 0.25) is 10.0 Å². The number of rotatable bonds is 5. The Bertz CT molecular complexity index is 524. The number of aryl methyl sites for hydroxylation is 1. The predicted molar refractivity (Wildman–Crippen MR) is 67.2 cm³/mol. The molecule has 1 unspecified atom stereocenters. The molecule has 0 aromatic heterocycles. The van der Waals surface area contributed by atoms with E-state index in [1.807, 2.05) is 0 Å². The van der Waals surface area contributed by atoms with Gasteiger partial charge >= 0.3 is 0 Å². The Hall–Kier alpha value is -0.980. The molecule has 0 bridgehead atoms. The van der Waals surface area contributed by atoms with Crippen LogP contribution in [0.3, 0.4) is 0 Å². The Balaban J connectivity index is 3.18. The van der Waals surface area contributed by atoms with Crippen molar-refractivity contribution >= 4 is 10.0 Å². The highest BCUT2D eigenvalue weighted by atomic mass is 32.2. The second-order valence-corrected chi connectivity index (χ2v) is 6.26. The van der Waals surface area contributed by atoms with Gasteiger partial charge in [0.1, 0.15) is 10.7 Å². The van der Waals surface area contributed by atoms with Gasteiger partial charge in [0.25, 0.3) is 0 Å². The highest BCUT2D eigenvalue weighted by molar-refractivity contribution is 7.89. The van der Waals surface area contributed by atoms with Crippen LogP contribution in [0.15, 0.2) is 23.1 Å². The summed E-state index contributed by atoms with van der Waals surface area (Å²) in [6, 6.07) is 3.89. The molecule has 102 valence electrons. The molecule has 2 N–H and O–H groups in total. The van der Waals surface area contributed by atoms with Crippen LogP contribution in [0.1, 0.15) is 25.8 Å². The number of sulfonamides is 1. The third-order valence-electron chi connectivity index (χ3n) is 2.89. The number of nitrogens with one attached hydrogen (secondary N) is 1. The van der Waals surface area contributed by atoms with Crippen molar-refractivity contribution < 1.29 is 17.9 Å². The van der Waals surface area contributed by atoms with E-state index in [9.17, 15) is 17.9 Å². The van der Waals surface area contributed by atoms with Gasteiger partial charge in [0.15, 0.2) is 0 Å².